The average Bonchev–Trinajstić information content (AvgIpc) is 2.31. The van der Waals surface area contributed by atoms with Crippen molar-refractivity contribution in [3.8, 4) is 0 Å². The minimum atomic E-state index is -0.471. The average molecular weight is 273 g/mol. The maximum atomic E-state index is 11.8. The van der Waals surface area contributed by atoms with Gasteiger partial charge in [-0.15, -0.1) is 0 Å². The van der Waals surface area contributed by atoms with E-state index in [1.165, 1.54) is 0 Å². The van der Waals surface area contributed by atoms with E-state index in [4.69, 9.17) is 17.3 Å². The number of nitrogens with one attached hydrogen (secondary N) is 1. The van der Waals surface area contributed by atoms with Gasteiger partial charge in [-0.05, 0) is 43.0 Å². The number of benzene rings is 1. The number of amides is 1. The Morgan fingerprint density at radius 2 is 2.29 bits per heavy atom. The maximum Gasteiger partial charge on any atom is 0.241 e. The molecule has 0 radical (unpaired) electrons. The zero-order valence-electron chi connectivity index (χ0n) is 10.00. The molecular weight excluding hydrogens is 256 g/mol. The highest BCUT2D eigenvalue weighted by molar-refractivity contribution is 7.98. The van der Waals surface area contributed by atoms with Crippen molar-refractivity contribution in [2.24, 2.45) is 5.73 Å². The van der Waals surface area contributed by atoms with Crippen LogP contribution in [0.5, 0.6) is 0 Å². The third-order valence-corrected chi connectivity index (χ3v) is 3.55. The Kier molecular flexibility index (Phi) is 5.82. The lowest BCUT2D eigenvalue weighted by atomic mass is 10.1. The Balaban J connectivity index is 2.64. The van der Waals surface area contributed by atoms with Crippen LogP contribution in [-0.2, 0) is 4.79 Å². The van der Waals surface area contributed by atoms with E-state index >= 15 is 0 Å². The van der Waals surface area contributed by atoms with Crippen LogP contribution < -0.4 is 11.1 Å². The summed E-state index contributed by atoms with van der Waals surface area (Å²) in [6.07, 6.45) is 2.67. The number of carbonyl (C=O) groups excluding carboxylic acids is 1. The highest BCUT2D eigenvalue weighted by atomic mass is 35.5. The molecule has 0 spiro atoms. The van der Waals surface area contributed by atoms with Crippen molar-refractivity contribution < 1.29 is 4.79 Å². The molecule has 17 heavy (non-hydrogen) atoms. The first-order valence-electron chi connectivity index (χ1n) is 5.36. The van der Waals surface area contributed by atoms with Gasteiger partial charge in [0.1, 0.15) is 0 Å². The molecule has 0 bridgehead atoms. The van der Waals surface area contributed by atoms with Crippen LogP contribution in [0.1, 0.15) is 12.0 Å². The lowest BCUT2D eigenvalue weighted by Crippen LogP contribution is -2.36. The number of halogens is 1. The van der Waals surface area contributed by atoms with Gasteiger partial charge < -0.3 is 11.1 Å². The van der Waals surface area contributed by atoms with Crippen LogP contribution in [-0.4, -0.2) is 24.0 Å². The highest BCUT2D eigenvalue weighted by Gasteiger charge is 2.14. The van der Waals surface area contributed by atoms with Gasteiger partial charge in [0.2, 0.25) is 5.91 Å². The molecule has 5 heteroatoms. The second-order valence-electron chi connectivity index (χ2n) is 3.79. The number of anilines is 1. The monoisotopic (exact) mass is 272 g/mol. The smallest absolute Gasteiger partial charge is 0.241 e. The van der Waals surface area contributed by atoms with Crippen molar-refractivity contribution in [2.75, 3.05) is 17.3 Å². The molecule has 0 aromatic heterocycles. The van der Waals surface area contributed by atoms with Crippen LogP contribution in [0.2, 0.25) is 5.02 Å². The maximum absolute atomic E-state index is 11.8. The van der Waals surface area contributed by atoms with E-state index in [0.29, 0.717) is 11.4 Å². The number of hydrogen-bond acceptors (Lipinski definition) is 3. The van der Waals surface area contributed by atoms with Crippen LogP contribution >= 0.6 is 23.4 Å². The number of hydrogen-bond donors (Lipinski definition) is 2. The molecule has 1 amide bonds. The SMILES string of the molecule is CSCC[C@H](N)C(=O)Nc1cccc(Cl)c1C. The van der Waals surface area contributed by atoms with Crippen LogP contribution in [0.25, 0.3) is 0 Å². The summed E-state index contributed by atoms with van der Waals surface area (Å²) in [7, 11) is 0. The first kappa shape index (κ1) is 14.4. The molecule has 0 fully saturated rings. The fraction of sp³-hybridized carbons (Fsp3) is 0.417. The molecule has 1 aromatic rings. The van der Waals surface area contributed by atoms with Crippen molar-refractivity contribution in [1.82, 2.24) is 0 Å². The lowest BCUT2D eigenvalue weighted by molar-refractivity contribution is -0.117. The minimum Gasteiger partial charge on any atom is -0.324 e. The van der Waals surface area contributed by atoms with Gasteiger partial charge >= 0.3 is 0 Å². The Bertz CT molecular complexity index is 398. The fourth-order valence-corrected chi connectivity index (χ4v) is 2.01. The Morgan fingerprint density at radius 3 is 2.94 bits per heavy atom. The van der Waals surface area contributed by atoms with Crippen molar-refractivity contribution in [3.05, 3.63) is 28.8 Å². The van der Waals surface area contributed by atoms with Gasteiger partial charge in [-0.2, -0.15) is 11.8 Å². The molecule has 1 rings (SSSR count). The summed E-state index contributed by atoms with van der Waals surface area (Å²) < 4.78 is 0. The molecule has 0 saturated carbocycles. The predicted molar refractivity (Wildman–Crippen MR) is 75.8 cm³/mol. The molecule has 0 aliphatic carbocycles. The first-order valence-corrected chi connectivity index (χ1v) is 7.14. The number of nitrogens with two attached hydrogens (primary N) is 1. The van der Waals surface area contributed by atoms with Crippen LogP contribution in [0.15, 0.2) is 18.2 Å². The van der Waals surface area contributed by atoms with Gasteiger partial charge in [-0.3, -0.25) is 4.79 Å². The van der Waals surface area contributed by atoms with E-state index in [0.717, 1.165) is 17.0 Å². The third kappa shape index (κ3) is 4.22. The number of rotatable bonds is 5. The Labute approximate surface area is 111 Å². The van der Waals surface area contributed by atoms with Crippen LogP contribution in [0.4, 0.5) is 5.69 Å². The normalized spacial score (nSPS) is 12.2. The van der Waals surface area contributed by atoms with Crippen molar-refractivity contribution in [1.29, 1.82) is 0 Å². The zero-order valence-corrected chi connectivity index (χ0v) is 11.6. The van der Waals surface area contributed by atoms with Crippen molar-refractivity contribution >= 4 is 35.0 Å². The third-order valence-electron chi connectivity index (χ3n) is 2.50. The van der Waals surface area contributed by atoms with E-state index in [1.54, 1.807) is 23.9 Å². The van der Waals surface area contributed by atoms with Gasteiger partial charge in [0.05, 0.1) is 6.04 Å². The molecule has 0 aliphatic heterocycles. The molecule has 3 nitrogen and oxygen atoms in total. The molecular formula is C12H17ClN2OS. The Hall–Kier alpha value is -0.710. The summed E-state index contributed by atoms with van der Waals surface area (Å²) in [5.41, 5.74) is 7.37. The fourth-order valence-electron chi connectivity index (χ4n) is 1.34. The predicted octanol–water partition coefficient (Wildman–Crippen LogP) is 2.67. The largest absolute Gasteiger partial charge is 0.324 e. The van der Waals surface area contributed by atoms with Gasteiger partial charge in [-0.1, -0.05) is 17.7 Å². The van der Waals surface area contributed by atoms with E-state index in [1.807, 2.05) is 19.2 Å². The lowest BCUT2D eigenvalue weighted by Gasteiger charge is -2.13. The van der Waals surface area contributed by atoms with E-state index in [9.17, 15) is 4.79 Å². The topological polar surface area (TPSA) is 55.1 Å². The molecule has 1 aromatic carbocycles. The summed E-state index contributed by atoms with van der Waals surface area (Å²) in [6.45, 7) is 1.87. The molecule has 0 unspecified atom stereocenters. The molecule has 0 aliphatic rings. The van der Waals surface area contributed by atoms with E-state index in [-0.39, 0.29) is 5.91 Å². The summed E-state index contributed by atoms with van der Waals surface area (Å²) in [4.78, 5) is 11.8. The quantitative estimate of drug-likeness (QED) is 0.866. The van der Waals surface area contributed by atoms with E-state index in [2.05, 4.69) is 5.32 Å². The van der Waals surface area contributed by atoms with Crippen LogP contribution in [0.3, 0.4) is 0 Å². The summed E-state index contributed by atoms with van der Waals surface area (Å²) in [6, 6.07) is 4.94. The summed E-state index contributed by atoms with van der Waals surface area (Å²) >= 11 is 7.65. The van der Waals surface area contributed by atoms with Crippen molar-refractivity contribution in [2.45, 2.75) is 19.4 Å². The van der Waals surface area contributed by atoms with Gasteiger partial charge in [-0.25, -0.2) is 0 Å². The second kappa shape index (κ2) is 6.89. The Morgan fingerprint density at radius 1 is 1.59 bits per heavy atom. The van der Waals surface area contributed by atoms with Crippen LogP contribution in [0, 0.1) is 6.92 Å². The first-order chi connectivity index (χ1) is 8.06. The van der Waals surface area contributed by atoms with Gasteiger partial charge in [0, 0.05) is 10.7 Å². The zero-order chi connectivity index (χ0) is 12.8. The standard InChI is InChI=1S/C12H17ClN2OS/c1-8-9(13)4-3-5-11(8)15-12(16)10(14)6-7-17-2/h3-5,10H,6-7,14H2,1-2H3,(H,15,16)/t10-/m0/s1. The molecule has 0 heterocycles. The number of thioether (sulfide) groups is 1. The minimum absolute atomic E-state index is 0.163. The molecule has 3 N–H and O–H groups in total. The molecule has 1 atom stereocenters. The van der Waals surface area contributed by atoms with Gasteiger partial charge in [0.25, 0.3) is 0 Å². The highest BCUT2D eigenvalue weighted by Crippen LogP contribution is 2.23. The summed E-state index contributed by atoms with van der Waals surface area (Å²) in [5.74, 6) is 0.716. The second-order valence-corrected chi connectivity index (χ2v) is 5.18. The molecule has 0 saturated heterocycles. The number of carbonyl (C=O) groups is 1. The van der Waals surface area contributed by atoms with E-state index < -0.39 is 6.04 Å². The van der Waals surface area contributed by atoms with Crippen molar-refractivity contribution in [3.63, 3.8) is 0 Å². The molecule has 94 valence electrons. The van der Waals surface area contributed by atoms with Gasteiger partial charge in [0.15, 0.2) is 0 Å². The summed E-state index contributed by atoms with van der Waals surface area (Å²) in [5, 5.41) is 3.44.